The summed E-state index contributed by atoms with van der Waals surface area (Å²) in [7, 11) is 3.27. The number of fused-ring (bicyclic) bond motifs is 1. The summed E-state index contributed by atoms with van der Waals surface area (Å²) in [5.74, 6) is 0.644. The number of anilines is 1. The highest BCUT2D eigenvalue weighted by atomic mass is 35.5. The van der Waals surface area contributed by atoms with Gasteiger partial charge in [-0.2, -0.15) is 5.26 Å². The lowest BCUT2D eigenvalue weighted by Gasteiger charge is -2.18. The van der Waals surface area contributed by atoms with Crippen LogP contribution in [-0.4, -0.2) is 50.3 Å². The molecular formula is C27H32ClN5O2. The fourth-order valence-corrected chi connectivity index (χ4v) is 4.85. The SMILES string of the molecule is COCc1cnc2c(CNCCN3CCCC3)cc(C#N)cc2c1NCc1ccc(OC)c(Cl)c1. The van der Waals surface area contributed by atoms with Gasteiger partial charge < -0.3 is 25.0 Å². The molecular weight excluding hydrogens is 462 g/mol. The van der Waals surface area contributed by atoms with E-state index in [9.17, 15) is 5.26 Å². The number of pyridine rings is 1. The molecule has 1 aliphatic rings. The van der Waals surface area contributed by atoms with Crippen LogP contribution in [0.2, 0.25) is 5.02 Å². The molecule has 0 amide bonds. The van der Waals surface area contributed by atoms with Crippen LogP contribution in [-0.2, 0) is 24.4 Å². The van der Waals surface area contributed by atoms with Crippen LogP contribution in [0.5, 0.6) is 5.75 Å². The summed E-state index contributed by atoms with van der Waals surface area (Å²) in [5, 5.41) is 18.3. The van der Waals surface area contributed by atoms with Crippen LogP contribution in [0.25, 0.3) is 10.9 Å². The fourth-order valence-electron chi connectivity index (χ4n) is 4.57. The number of hydrogen-bond donors (Lipinski definition) is 2. The number of methoxy groups -OCH3 is 2. The predicted molar refractivity (Wildman–Crippen MR) is 140 cm³/mol. The third-order valence-corrected chi connectivity index (χ3v) is 6.66. The number of nitrogens with zero attached hydrogens (tertiary/aromatic N) is 3. The molecule has 2 aromatic carbocycles. The topological polar surface area (TPSA) is 82.4 Å². The molecule has 0 atom stereocenters. The minimum atomic E-state index is 0.412. The minimum Gasteiger partial charge on any atom is -0.495 e. The summed E-state index contributed by atoms with van der Waals surface area (Å²) < 4.78 is 10.7. The van der Waals surface area contributed by atoms with Crippen molar-refractivity contribution in [3.8, 4) is 11.8 Å². The average Bonchev–Trinajstić information content (AvgIpc) is 3.39. The molecule has 35 heavy (non-hydrogen) atoms. The van der Waals surface area contributed by atoms with Crippen molar-refractivity contribution in [3.63, 3.8) is 0 Å². The van der Waals surface area contributed by atoms with Crippen molar-refractivity contribution in [2.24, 2.45) is 0 Å². The molecule has 4 rings (SSSR count). The standard InChI is InChI=1S/C27H32ClN5O2/c1-34-18-22-17-32-26-21(16-30-7-10-33-8-3-4-9-33)11-20(14-29)12-23(26)27(22)31-15-19-5-6-25(35-2)24(28)13-19/h5-6,11-13,17,30H,3-4,7-10,15-16,18H2,1-2H3,(H,31,32). The number of nitrogens with one attached hydrogen (secondary N) is 2. The van der Waals surface area contributed by atoms with Crippen molar-refractivity contribution < 1.29 is 9.47 Å². The highest BCUT2D eigenvalue weighted by Crippen LogP contribution is 2.31. The molecule has 0 bridgehead atoms. The Morgan fingerprint density at radius 2 is 1.94 bits per heavy atom. The van der Waals surface area contributed by atoms with E-state index in [2.05, 4.69) is 21.6 Å². The molecule has 0 radical (unpaired) electrons. The maximum absolute atomic E-state index is 9.72. The van der Waals surface area contributed by atoms with Crippen LogP contribution in [0, 0.1) is 11.3 Å². The van der Waals surface area contributed by atoms with Crippen molar-refractivity contribution in [3.05, 3.63) is 63.8 Å². The number of nitriles is 1. The van der Waals surface area contributed by atoms with Crippen LogP contribution in [0.15, 0.2) is 36.5 Å². The molecule has 0 unspecified atom stereocenters. The first-order chi connectivity index (χ1) is 17.1. The predicted octanol–water partition coefficient (Wildman–Crippen LogP) is 4.71. The van der Waals surface area contributed by atoms with Gasteiger partial charge in [0.25, 0.3) is 0 Å². The lowest BCUT2D eigenvalue weighted by atomic mass is 10.0. The summed E-state index contributed by atoms with van der Waals surface area (Å²) in [6, 6.07) is 11.9. The summed E-state index contributed by atoms with van der Waals surface area (Å²) in [4.78, 5) is 7.25. The van der Waals surface area contributed by atoms with E-state index in [1.54, 1.807) is 14.2 Å². The number of halogens is 1. The first-order valence-electron chi connectivity index (χ1n) is 12.0. The number of likely N-dealkylation sites (tertiary alicyclic amines) is 1. The van der Waals surface area contributed by atoms with Crippen molar-refractivity contribution in [1.82, 2.24) is 15.2 Å². The van der Waals surface area contributed by atoms with Gasteiger partial charge in [0.15, 0.2) is 0 Å². The second-order valence-electron chi connectivity index (χ2n) is 8.78. The highest BCUT2D eigenvalue weighted by Gasteiger charge is 2.15. The Bertz CT molecular complexity index is 1200. The molecule has 1 aromatic heterocycles. The third-order valence-electron chi connectivity index (χ3n) is 6.36. The van der Waals surface area contributed by atoms with Gasteiger partial charge in [-0.15, -0.1) is 0 Å². The Kier molecular flexibility index (Phi) is 8.78. The van der Waals surface area contributed by atoms with E-state index < -0.39 is 0 Å². The van der Waals surface area contributed by atoms with Crippen molar-refractivity contribution in [1.29, 1.82) is 5.26 Å². The Hall–Kier alpha value is -2.89. The molecule has 0 aliphatic carbocycles. The molecule has 2 N–H and O–H groups in total. The van der Waals surface area contributed by atoms with Crippen LogP contribution in [0.4, 0.5) is 5.69 Å². The number of rotatable bonds is 11. The summed E-state index contributed by atoms with van der Waals surface area (Å²) in [6.07, 6.45) is 4.44. The Labute approximate surface area is 212 Å². The molecule has 7 nitrogen and oxygen atoms in total. The number of hydrogen-bond acceptors (Lipinski definition) is 7. The first-order valence-corrected chi connectivity index (χ1v) is 12.3. The quantitative estimate of drug-likeness (QED) is 0.374. The summed E-state index contributed by atoms with van der Waals surface area (Å²) >= 11 is 6.32. The van der Waals surface area contributed by atoms with E-state index in [-0.39, 0.29) is 0 Å². The van der Waals surface area contributed by atoms with Crippen LogP contribution in [0.1, 0.15) is 35.1 Å². The molecule has 8 heteroatoms. The molecule has 0 spiro atoms. The molecule has 3 aromatic rings. The van der Waals surface area contributed by atoms with Crippen molar-refractivity contribution in [2.75, 3.05) is 45.7 Å². The van der Waals surface area contributed by atoms with Gasteiger partial charge in [0.1, 0.15) is 5.75 Å². The van der Waals surface area contributed by atoms with Gasteiger partial charge in [0.2, 0.25) is 0 Å². The molecule has 1 saturated heterocycles. The normalized spacial score (nSPS) is 13.8. The van der Waals surface area contributed by atoms with Gasteiger partial charge in [-0.3, -0.25) is 4.98 Å². The highest BCUT2D eigenvalue weighted by molar-refractivity contribution is 6.32. The van der Waals surface area contributed by atoms with Gasteiger partial charge in [-0.1, -0.05) is 17.7 Å². The summed E-state index contributed by atoms with van der Waals surface area (Å²) in [5.41, 5.74) is 5.37. The van der Waals surface area contributed by atoms with E-state index in [1.165, 1.54) is 25.9 Å². The Balaban J connectivity index is 1.60. The smallest absolute Gasteiger partial charge is 0.137 e. The van der Waals surface area contributed by atoms with Gasteiger partial charge in [-0.25, -0.2) is 0 Å². The number of benzene rings is 2. The lowest BCUT2D eigenvalue weighted by Crippen LogP contribution is -2.29. The minimum absolute atomic E-state index is 0.412. The maximum atomic E-state index is 9.72. The largest absolute Gasteiger partial charge is 0.495 e. The molecule has 1 fully saturated rings. The van der Waals surface area contributed by atoms with E-state index in [0.29, 0.717) is 36.0 Å². The lowest BCUT2D eigenvalue weighted by molar-refractivity contribution is 0.185. The molecule has 184 valence electrons. The zero-order valence-corrected chi connectivity index (χ0v) is 21.1. The van der Waals surface area contributed by atoms with E-state index in [1.807, 2.05) is 36.5 Å². The second-order valence-corrected chi connectivity index (χ2v) is 9.19. The van der Waals surface area contributed by atoms with Gasteiger partial charge in [0.05, 0.1) is 41.6 Å². The zero-order valence-electron chi connectivity index (χ0n) is 20.4. The van der Waals surface area contributed by atoms with E-state index >= 15 is 0 Å². The van der Waals surface area contributed by atoms with Crippen LogP contribution < -0.4 is 15.4 Å². The first kappa shape index (κ1) is 25.2. The zero-order chi connectivity index (χ0) is 24.6. The van der Waals surface area contributed by atoms with Crippen LogP contribution >= 0.6 is 11.6 Å². The summed E-state index contributed by atoms with van der Waals surface area (Å²) in [6.45, 7) is 5.94. The number of ether oxygens (including phenoxy) is 2. The molecule has 2 heterocycles. The Morgan fingerprint density at radius 1 is 1.11 bits per heavy atom. The van der Waals surface area contributed by atoms with Crippen LogP contribution in [0.3, 0.4) is 0 Å². The number of aromatic nitrogens is 1. The second kappa shape index (κ2) is 12.2. The van der Waals surface area contributed by atoms with Crippen molar-refractivity contribution >= 4 is 28.2 Å². The van der Waals surface area contributed by atoms with E-state index in [4.69, 9.17) is 26.1 Å². The monoisotopic (exact) mass is 493 g/mol. The third kappa shape index (κ3) is 6.22. The van der Waals surface area contributed by atoms with Gasteiger partial charge >= 0.3 is 0 Å². The maximum Gasteiger partial charge on any atom is 0.137 e. The molecule has 0 saturated carbocycles. The Morgan fingerprint density at radius 3 is 2.66 bits per heavy atom. The fraction of sp³-hybridized carbons (Fsp3) is 0.407. The van der Waals surface area contributed by atoms with Gasteiger partial charge in [0, 0.05) is 50.4 Å². The van der Waals surface area contributed by atoms with Gasteiger partial charge in [-0.05, 0) is 61.3 Å². The van der Waals surface area contributed by atoms with E-state index in [0.717, 1.165) is 46.4 Å². The molecule has 1 aliphatic heterocycles. The average molecular weight is 494 g/mol. The van der Waals surface area contributed by atoms with Crippen molar-refractivity contribution in [2.45, 2.75) is 32.5 Å².